The predicted octanol–water partition coefficient (Wildman–Crippen LogP) is 13.6. The van der Waals surface area contributed by atoms with Crippen LogP contribution in [0.4, 0.5) is 17.1 Å². The normalized spacial score (nSPS) is 12.9. The van der Waals surface area contributed by atoms with Gasteiger partial charge in [-0.05, 0) is 86.3 Å². The van der Waals surface area contributed by atoms with Crippen molar-refractivity contribution in [2.45, 2.75) is 5.41 Å². The molecular formula is C52H34N2O. The van der Waals surface area contributed by atoms with Gasteiger partial charge in [0.2, 0.25) is 0 Å². The van der Waals surface area contributed by atoms with Crippen LogP contribution >= 0.6 is 0 Å². The van der Waals surface area contributed by atoms with Gasteiger partial charge >= 0.3 is 0 Å². The molecular weight excluding hydrogens is 669 g/mol. The Bertz CT molecular complexity index is 2980. The molecule has 2 aromatic heterocycles. The molecule has 0 saturated heterocycles. The molecule has 8 aromatic carbocycles. The lowest BCUT2D eigenvalue weighted by molar-refractivity contribution is 0.669. The number of anilines is 3. The first-order valence-corrected chi connectivity index (χ1v) is 18.8. The van der Waals surface area contributed by atoms with E-state index in [1.807, 2.05) is 24.5 Å². The van der Waals surface area contributed by atoms with Crippen molar-refractivity contribution in [2.75, 3.05) is 4.90 Å². The Hall–Kier alpha value is -7.23. The fraction of sp³-hybridized carbons (Fsp3) is 0.0192. The number of hydrogen-bond acceptors (Lipinski definition) is 3. The SMILES string of the molecule is c1ccc(-c2ccc(N(c3ccc4c(c3)-c3ccccc3C4(c3ccccc3)c3ccccc3)c3cc4oc5ccccc5c4c4ccncc34)cc2)cc1. The first-order chi connectivity index (χ1) is 27.3. The second-order valence-electron chi connectivity index (χ2n) is 14.3. The third-order valence-corrected chi connectivity index (χ3v) is 11.4. The molecule has 0 radical (unpaired) electrons. The van der Waals surface area contributed by atoms with Gasteiger partial charge in [0.25, 0.3) is 0 Å². The Morgan fingerprint density at radius 1 is 0.436 bits per heavy atom. The third kappa shape index (κ3) is 4.73. The van der Waals surface area contributed by atoms with Gasteiger partial charge in [-0.25, -0.2) is 0 Å². The molecule has 11 rings (SSSR count). The molecule has 0 bridgehead atoms. The van der Waals surface area contributed by atoms with Gasteiger partial charge in [-0.15, -0.1) is 0 Å². The van der Waals surface area contributed by atoms with E-state index in [0.29, 0.717) is 0 Å². The summed E-state index contributed by atoms with van der Waals surface area (Å²) in [5.41, 5.74) is 14.2. The second kappa shape index (κ2) is 12.4. The molecule has 0 saturated carbocycles. The lowest BCUT2D eigenvalue weighted by Gasteiger charge is -2.34. The highest BCUT2D eigenvalue weighted by Crippen LogP contribution is 2.57. The average Bonchev–Trinajstić information content (AvgIpc) is 3.79. The van der Waals surface area contributed by atoms with Gasteiger partial charge in [-0.2, -0.15) is 0 Å². The van der Waals surface area contributed by atoms with E-state index in [1.165, 1.54) is 44.5 Å². The number of furan rings is 1. The Labute approximate surface area is 319 Å². The van der Waals surface area contributed by atoms with Crippen LogP contribution in [0.25, 0.3) is 55.0 Å². The number of fused-ring (bicyclic) bond motifs is 8. The highest BCUT2D eigenvalue weighted by atomic mass is 16.3. The number of rotatable bonds is 6. The van der Waals surface area contributed by atoms with E-state index in [4.69, 9.17) is 4.42 Å². The average molecular weight is 703 g/mol. The fourth-order valence-corrected chi connectivity index (χ4v) is 9.08. The summed E-state index contributed by atoms with van der Waals surface area (Å²) in [7, 11) is 0. The van der Waals surface area contributed by atoms with Crippen molar-refractivity contribution in [3.8, 4) is 22.3 Å². The summed E-state index contributed by atoms with van der Waals surface area (Å²) in [6.45, 7) is 0. The number of aromatic nitrogens is 1. The van der Waals surface area contributed by atoms with Crippen molar-refractivity contribution >= 4 is 49.8 Å². The Kier molecular flexibility index (Phi) is 7.08. The maximum absolute atomic E-state index is 6.60. The number of benzene rings is 8. The van der Waals surface area contributed by atoms with Crippen molar-refractivity contribution in [3.63, 3.8) is 0 Å². The summed E-state index contributed by atoms with van der Waals surface area (Å²) in [6.07, 6.45) is 3.88. The molecule has 0 fully saturated rings. The minimum atomic E-state index is -0.473. The highest BCUT2D eigenvalue weighted by molar-refractivity contribution is 6.22. The number of para-hydroxylation sites is 1. The molecule has 2 heterocycles. The minimum Gasteiger partial charge on any atom is -0.456 e. The van der Waals surface area contributed by atoms with Gasteiger partial charge < -0.3 is 9.32 Å². The van der Waals surface area contributed by atoms with Crippen LogP contribution in [0.5, 0.6) is 0 Å². The standard InChI is InChI=1S/C52H34N2O/c1-4-14-35(15-5-1)36-24-26-39(27-25-36)54(48-33-50-51(42-30-31-53-34-45(42)48)43-21-11-13-23-49(43)55-50)40-28-29-47-44(32-40)41-20-10-12-22-46(41)52(47,37-16-6-2-7-17-37)38-18-8-3-9-19-38/h1-34H. The topological polar surface area (TPSA) is 29.3 Å². The summed E-state index contributed by atoms with van der Waals surface area (Å²) in [5.74, 6) is 0. The lowest BCUT2D eigenvalue weighted by Crippen LogP contribution is -2.28. The summed E-state index contributed by atoms with van der Waals surface area (Å²) in [5, 5.41) is 4.37. The van der Waals surface area contributed by atoms with Gasteiger partial charge in [0.05, 0.1) is 11.1 Å². The van der Waals surface area contributed by atoms with Crippen molar-refractivity contribution in [3.05, 3.63) is 229 Å². The largest absolute Gasteiger partial charge is 0.456 e. The molecule has 0 amide bonds. The Morgan fingerprint density at radius 2 is 1.05 bits per heavy atom. The molecule has 3 nitrogen and oxygen atoms in total. The van der Waals surface area contributed by atoms with E-state index in [2.05, 4.69) is 192 Å². The molecule has 0 aliphatic heterocycles. The van der Waals surface area contributed by atoms with Crippen LogP contribution in [0.1, 0.15) is 22.3 Å². The number of pyridine rings is 1. The summed E-state index contributed by atoms with van der Waals surface area (Å²) in [4.78, 5) is 7.06. The van der Waals surface area contributed by atoms with Crippen molar-refractivity contribution in [1.29, 1.82) is 0 Å². The Balaban J connectivity index is 1.19. The number of hydrogen-bond donors (Lipinski definition) is 0. The molecule has 0 spiro atoms. The fourth-order valence-electron chi connectivity index (χ4n) is 9.08. The second-order valence-corrected chi connectivity index (χ2v) is 14.3. The zero-order chi connectivity index (χ0) is 36.3. The van der Waals surface area contributed by atoms with Crippen LogP contribution in [0, 0.1) is 0 Å². The molecule has 55 heavy (non-hydrogen) atoms. The van der Waals surface area contributed by atoms with Crippen molar-refractivity contribution in [2.24, 2.45) is 0 Å². The molecule has 0 atom stereocenters. The Morgan fingerprint density at radius 3 is 1.82 bits per heavy atom. The molecule has 1 aliphatic carbocycles. The van der Waals surface area contributed by atoms with Crippen LogP contribution in [-0.4, -0.2) is 4.98 Å². The lowest BCUT2D eigenvalue weighted by atomic mass is 9.68. The van der Waals surface area contributed by atoms with Crippen LogP contribution in [0.3, 0.4) is 0 Å². The molecule has 3 heteroatoms. The summed E-state index contributed by atoms with van der Waals surface area (Å²) < 4.78 is 6.60. The smallest absolute Gasteiger partial charge is 0.138 e. The van der Waals surface area contributed by atoms with Crippen molar-refractivity contribution < 1.29 is 4.42 Å². The summed E-state index contributed by atoms with van der Waals surface area (Å²) >= 11 is 0. The molecule has 0 unspecified atom stereocenters. The highest BCUT2D eigenvalue weighted by Gasteiger charge is 2.46. The van der Waals surface area contributed by atoms with Gasteiger partial charge in [-0.1, -0.05) is 152 Å². The van der Waals surface area contributed by atoms with Crippen LogP contribution in [-0.2, 0) is 5.41 Å². The maximum atomic E-state index is 6.60. The van der Waals surface area contributed by atoms with Crippen LogP contribution in [0.15, 0.2) is 211 Å². The van der Waals surface area contributed by atoms with Gasteiger partial charge in [0, 0.05) is 46.0 Å². The van der Waals surface area contributed by atoms with E-state index < -0.39 is 5.41 Å². The van der Waals surface area contributed by atoms with Crippen LogP contribution < -0.4 is 4.90 Å². The molecule has 1 aliphatic rings. The maximum Gasteiger partial charge on any atom is 0.138 e. The zero-order valence-electron chi connectivity index (χ0n) is 29.9. The van der Waals surface area contributed by atoms with E-state index in [0.717, 1.165) is 49.8 Å². The predicted molar refractivity (Wildman–Crippen MR) is 226 cm³/mol. The van der Waals surface area contributed by atoms with E-state index in [9.17, 15) is 0 Å². The van der Waals surface area contributed by atoms with Gasteiger partial charge in [0.15, 0.2) is 0 Å². The first-order valence-electron chi connectivity index (χ1n) is 18.8. The van der Waals surface area contributed by atoms with E-state index in [1.54, 1.807) is 0 Å². The summed E-state index contributed by atoms with van der Waals surface area (Å²) in [6, 6.07) is 69.9. The van der Waals surface area contributed by atoms with E-state index >= 15 is 0 Å². The van der Waals surface area contributed by atoms with E-state index in [-0.39, 0.29) is 0 Å². The van der Waals surface area contributed by atoms with Crippen molar-refractivity contribution in [1.82, 2.24) is 4.98 Å². The van der Waals surface area contributed by atoms with Gasteiger partial charge in [0.1, 0.15) is 11.2 Å². The third-order valence-electron chi connectivity index (χ3n) is 11.4. The molecule has 258 valence electrons. The minimum absolute atomic E-state index is 0.473. The monoisotopic (exact) mass is 702 g/mol. The molecule has 10 aromatic rings. The first kappa shape index (κ1) is 31.3. The zero-order valence-corrected chi connectivity index (χ0v) is 29.9. The molecule has 0 N–H and O–H groups in total. The quantitative estimate of drug-likeness (QED) is 0.173. The van der Waals surface area contributed by atoms with Crippen LogP contribution in [0.2, 0.25) is 0 Å². The number of nitrogens with zero attached hydrogens (tertiary/aromatic N) is 2. The van der Waals surface area contributed by atoms with Gasteiger partial charge in [-0.3, -0.25) is 4.98 Å².